The molecule has 1 aromatic heterocycles. The van der Waals surface area contributed by atoms with E-state index in [1.165, 1.54) is 0 Å². The van der Waals surface area contributed by atoms with Gasteiger partial charge in [0.15, 0.2) is 0 Å². The summed E-state index contributed by atoms with van der Waals surface area (Å²) in [4.78, 5) is 17.7. The summed E-state index contributed by atoms with van der Waals surface area (Å²) in [6.07, 6.45) is 0. The van der Waals surface area contributed by atoms with E-state index in [0.717, 1.165) is 26.2 Å². The van der Waals surface area contributed by atoms with Crippen molar-refractivity contribution in [3.05, 3.63) is 0 Å². The van der Waals surface area contributed by atoms with Gasteiger partial charge >= 0.3 is 6.01 Å². The summed E-state index contributed by atoms with van der Waals surface area (Å²) in [5.74, 6) is 1.27. The van der Waals surface area contributed by atoms with Crippen molar-refractivity contribution >= 4 is 11.9 Å². The molecule has 0 radical (unpaired) electrons. The molecule has 20 heavy (non-hydrogen) atoms. The molecule has 7 heteroatoms. The molecule has 0 bridgehead atoms. The molecular formula is C13H24N6O. The van der Waals surface area contributed by atoms with E-state index in [1.807, 2.05) is 13.8 Å². The topological polar surface area (TPSA) is 66.4 Å². The lowest BCUT2D eigenvalue weighted by atomic mass is 10.2. The van der Waals surface area contributed by atoms with Crippen molar-refractivity contribution in [3.8, 4) is 6.01 Å². The molecular weight excluding hydrogens is 256 g/mol. The Kier molecular flexibility index (Phi) is 4.94. The normalized spacial score (nSPS) is 20.0. The minimum absolute atomic E-state index is 0.389. The summed E-state index contributed by atoms with van der Waals surface area (Å²) in [6, 6.07) is 0.874. The molecule has 0 saturated carbocycles. The van der Waals surface area contributed by atoms with Gasteiger partial charge in [0.2, 0.25) is 11.9 Å². The number of hydrogen-bond donors (Lipinski definition) is 1. The minimum atomic E-state index is 0.389. The Balaban J connectivity index is 2.20. The average molecular weight is 280 g/mol. The zero-order valence-corrected chi connectivity index (χ0v) is 12.8. The summed E-state index contributed by atoms with van der Waals surface area (Å²) in [5.41, 5.74) is 0. The maximum Gasteiger partial charge on any atom is 0.323 e. The second-order valence-corrected chi connectivity index (χ2v) is 4.98. The average Bonchev–Trinajstić information content (AvgIpc) is 2.42. The summed E-state index contributed by atoms with van der Waals surface area (Å²) < 4.78 is 5.43. The van der Waals surface area contributed by atoms with E-state index in [9.17, 15) is 0 Å². The standard InChI is InChI=1S/C13H24N6O/c1-5-14-11-15-12(17-13(16-11)20-6-2)19-8-7-18(4)10(3)9-19/h10H,5-9H2,1-4H3,(H,14,15,16,17). The van der Waals surface area contributed by atoms with Crippen molar-refractivity contribution in [1.82, 2.24) is 19.9 Å². The summed E-state index contributed by atoms with van der Waals surface area (Å²) in [5, 5.41) is 3.13. The maximum atomic E-state index is 5.43. The fraction of sp³-hybridized carbons (Fsp3) is 0.769. The van der Waals surface area contributed by atoms with Gasteiger partial charge in [0.25, 0.3) is 0 Å². The van der Waals surface area contributed by atoms with E-state index >= 15 is 0 Å². The van der Waals surface area contributed by atoms with Crippen molar-refractivity contribution in [1.29, 1.82) is 0 Å². The second-order valence-electron chi connectivity index (χ2n) is 4.98. The van der Waals surface area contributed by atoms with Gasteiger partial charge in [-0.2, -0.15) is 15.0 Å². The number of piperazine rings is 1. The second kappa shape index (κ2) is 6.69. The number of rotatable bonds is 5. The van der Waals surface area contributed by atoms with Crippen molar-refractivity contribution in [2.75, 3.05) is 50.1 Å². The van der Waals surface area contributed by atoms with Gasteiger partial charge in [-0.15, -0.1) is 0 Å². The van der Waals surface area contributed by atoms with Crippen LogP contribution in [-0.2, 0) is 0 Å². The molecule has 1 N–H and O–H groups in total. The van der Waals surface area contributed by atoms with E-state index < -0.39 is 0 Å². The molecule has 1 atom stereocenters. The molecule has 0 spiro atoms. The summed E-state index contributed by atoms with van der Waals surface area (Å²) in [7, 11) is 2.14. The van der Waals surface area contributed by atoms with Crippen LogP contribution in [0.25, 0.3) is 0 Å². The molecule has 1 unspecified atom stereocenters. The van der Waals surface area contributed by atoms with E-state index in [0.29, 0.717) is 30.6 Å². The van der Waals surface area contributed by atoms with Crippen molar-refractivity contribution < 1.29 is 4.74 Å². The van der Waals surface area contributed by atoms with Crippen LogP contribution in [0.4, 0.5) is 11.9 Å². The predicted molar refractivity (Wildman–Crippen MR) is 79.5 cm³/mol. The van der Waals surface area contributed by atoms with E-state index in [2.05, 4.69) is 44.0 Å². The van der Waals surface area contributed by atoms with Gasteiger partial charge in [-0.1, -0.05) is 0 Å². The van der Waals surface area contributed by atoms with Crippen molar-refractivity contribution in [2.24, 2.45) is 0 Å². The molecule has 1 fully saturated rings. The molecule has 7 nitrogen and oxygen atoms in total. The van der Waals surface area contributed by atoms with Gasteiger partial charge in [0.05, 0.1) is 6.61 Å². The number of likely N-dealkylation sites (N-methyl/N-ethyl adjacent to an activating group) is 1. The fourth-order valence-electron chi connectivity index (χ4n) is 2.15. The highest BCUT2D eigenvalue weighted by Gasteiger charge is 2.23. The Morgan fingerprint density at radius 1 is 1.25 bits per heavy atom. The van der Waals surface area contributed by atoms with Gasteiger partial charge in [-0.05, 0) is 27.8 Å². The first kappa shape index (κ1) is 14.8. The van der Waals surface area contributed by atoms with Crippen LogP contribution < -0.4 is 15.0 Å². The van der Waals surface area contributed by atoms with E-state index in [-0.39, 0.29) is 0 Å². The highest BCUT2D eigenvalue weighted by atomic mass is 16.5. The summed E-state index contributed by atoms with van der Waals surface area (Å²) >= 11 is 0. The Morgan fingerprint density at radius 3 is 2.70 bits per heavy atom. The zero-order valence-electron chi connectivity index (χ0n) is 12.8. The van der Waals surface area contributed by atoms with Crippen LogP contribution >= 0.6 is 0 Å². The number of nitrogens with zero attached hydrogens (tertiary/aromatic N) is 5. The highest BCUT2D eigenvalue weighted by Crippen LogP contribution is 2.18. The first-order valence-corrected chi connectivity index (χ1v) is 7.22. The number of ether oxygens (including phenoxy) is 1. The number of nitrogens with one attached hydrogen (secondary N) is 1. The zero-order chi connectivity index (χ0) is 14.5. The molecule has 1 aromatic rings. The molecule has 2 rings (SSSR count). The largest absolute Gasteiger partial charge is 0.464 e. The predicted octanol–water partition coefficient (Wildman–Crippen LogP) is 0.842. The van der Waals surface area contributed by atoms with Gasteiger partial charge < -0.3 is 19.9 Å². The van der Waals surface area contributed by atoms with Crippen LogP contribution in [0.5, 0.6) is 6.01 Å². The molecule has 2 heterocycles. The third-order valence-electron chi connectivity index (χ3n) is 3.45. The lowest BCUT2D eigenvalue weighted by molar-refractivity contribution is 0.232. The molecule has 1 saturated heterocycles. The molecule has 0 aliphatic carbocycles. The van der Waals surface area contributed by atoms with E-state index in [4.69, 9.17) is 4.74 Å². The molecule has 1 aliphatic heterocycles. The van der Waals surface area contributed by atoms with Gasteiger partial charge in [-0.3, -0.25) is 0 Å². The Labute approximate surface area is 120 Å². The third-order valence-corrected chi connectivity index (χ3v) is 3.45. The molecule has 1 aliphatic rings. The Bertz CT molecular complexity index is 417. The smallest absolute Gasteiger partial charge is 0.323 e. The summed E-state index contributed by atoms with van der Waals surface area (Å²) in [6.45, 7) is 10.3. The van der Waals surface area contributed by atoms with Gasteiger partial charge in [-0.25, -0.2) is 0 Å². The quantitative estimate of drug-likeness (QED) is 0.857. The number of anilines is 2. The van der Waals surface area contributed by atoms with Crippen LogP contribution in [0.1, 0.15) is 20.8 Å². The lowest BCUT2D eigenvalue weighted by Crippen LogP contribution is -2.50. The minimum Gasteiger partial charge on any atom is -0.464 e. The van der Waals surface area contributed by atoms with Gasteiger partial charge in [0.1, 0.15) is 0 Å². The lowest BCUT2D eigenvalue weighted by Gasteiger charge is -2.37. The Morgan fingerprint density at radius 2 is 2.05 bits per heavy atom. The molecule has 0 amide bonds. The van der Waals surface area contributed by atoms with Crippen LogP contribution in [-0.4, -0.2) is 65.7 Å². The number of hydrogen-bond acceptors (Lipinski definition) is 7. The van der Waals surface area contributed by atoms with Crippen LogP contribution in [0.15, 0.2) is 0 Å². The Hall–Kier alpha value is -1.63. The van der Waals surface area contributed by atoms with E-state index in [1.54, 1.807) is 0 Å². The third kappa shape index (κ3) is 3.47. The first-order valence-electron chi connectivity index (χ1n) is 7.22. The van der Waals surface area contributed by atoms with Crippen LogP contribution in [0, 0.1) is 0 Å². The van der Waals surface area contributed by atoms with Gasteiger partial charge in [0, 0.05) is 32.2 Å². The first-order chi connectivity index (χ1) is 9.63. The fourth-order valence-corrected chi connectivity index (χ4v) is 2.15. The van der Waals surface area contributed by atoms with Crippen LogP contribution in [0.2, 0.25) is 0 Å². The van der Waals surface area contributed by atoms with Crippen LogP contribution in [0.3, 0.4) is 0 Å². The molecule has 0 aromatic carbocycles. The van der Waals surface area contributed by atoms with Crippen molar-refractivity contribution in [3.63, 3.8) is 0 Å². The maximum absolute atomic E-state index is 5.43. The van der Waals surface area contributed by atoms with Crippen molar-refractivity contribution in [2.45, 2.75) is 26.8 Å². The number of aromatic nitrogens is 3. The highest BCUT2D eigenvalue weighted by molar-refractivity contribution is 5.39. The SMILES string of the molecule is CCNc1nc(OCC)nc(N2CCN(C)C(C)C2)n1. The molecule has 112 valence electrons. The monoisotopic (exact) mass is 280 g/mol.